The van der Waals surface area contributed by atoms with E-state index in [2.05, 4.69) is 4.98 Å². The number of nitrogens with zero attached hydrogens (tertiary/aromatic N) is 2. The third-order valence-electron chi connectivity index (χ3n) is 3.06. The van der Waals surface area contributed by atoms with Crippen LogP contribution in [-0.2, 0) is 13.5 Å². The van der Waals surface area contributed by atoms with Gasteiger partial charge in [-0.15, -0.1) is 11.8 Å². The molecule has 0 saturated carbocycles. The van der Waals surface area contributed by atoms with Gasteiger partial charge in [0, 0.05) is 30.8 Å². The van der Waals surface area contributed by atoms with Gasteiger partial charge in [-0.2, -0.15) is 0 Å². The van der Waals surface area contributed by atoms with Crippen LogP contribution in [0.3, 0.4) is 0 Å². The van der Waals surface area contributed by atoms with Gasteiger partial charge in [-0.1, -0.05) is 12.1 Å². The van der Waals surface area contributed by atoms with Crippen LogP contribution in [0.5, 0.6) is 0 Å². The highest BCUT2D eigenvalue weighted by Gasteiger charge is 2.09. The van der Waals surface area contributed by atoms with Crippen LogP contribution in [0.2, 0.25) is 0 Å². The third-order valence-corrected chi connectivity index (χ3v) is 3.81. The quantitative estimate of drug-likeness (QED) is 0.842. The minimum absolute atomic E-state index is 0.419. The van der Waals surface area contributed by atoms with E-state index in [-0.39, 0.29) is 0 Å². The predicted octanol–water partition coefficient (Wildman–Crippen LogP) is 2.81. The Balaban J connectivity index is 1.94. The molecule has 0 spiro atoms. The van der Waals surface area contributed by atoms with E-state index in [0.29, 0.717) is 6.42 Å². The van der Waals surface area contributed by atoms with Gasteiger partial charge in [0.2, 0.25) is 0 Å². The van der Waals surface area contributed by atoms with Crippen LogP contribution in [-0.4, -0.2) is 20.9 Å². The van der Waals surface area contributed by atoms with Crippen molar-refractivity contribution in [2.24, 2.45) is 7.05 Å². The summed E-state index contributed by atoms with van der Waals surface area (Å²) in [5, 5.41) is 10.1. The Hall–Kier alpha value is -1.26. The maximum absolute atomic E-state index is 10.1. The highest BCUT2D eigenvalue weighted by atomic mass is 32.2. The Morgan fingerprint density at radius 1 is 1.33 bits per heavy atom. The molecule has 0 amide bonds. The molecule has 0 saturated heterocycles. The Morgan fingerprint density at radius 3 is 2.61 bits per heavy atom. The number of imidazole rings is 1. The lowest BCUT2D eigenvalue weighted by Crippen LogP contribution is -2.03. The molecule has 1 aromatic carbocycles. The largest absolute Gasteiger partial charge is 0.388 e. The summed E-state index contributed by atoms with van der Waals surface area (Å²) in [6.07, 6.45) is 6.83. The zero-order valence-electron chi connectivity index (χ0n) is 10.7. The van der Waals surface area contributed by atoms with Gasteiger partial charge in [0.1, 0.15) is 5.82 Å². The molecule has 0 radical (unpaired) electrons. The minimum atomic E-state index is -0.419. The second-order valence-electron chi connectivity index (χ2n) is 4.28. The second-order valence-corrected chi connectivity index (χ2v) is 5.16. The van der Waals surface area contributed by atoms with Crippen LogP contribution in [0.25, 0.3) is 0 Å². The van der Waals surface area contributed by atoms with Crippen molar-refractivity contribution in [3.8, 4) is 0 Å². The van der Waals surface area contributed by atoms with E-state index >= 15 is 0 Å². The molecule has 0 bridgehead atoms. The second kappa shape index (κ2) is 6.07. The molecule has 18 heavy (non-hydrogen) atoms. The van der Waals surface area contributed by atoms with E-state index in [9.17, 15) is 5.11 Å². The zero-order valence-corrected chi connectivity index (χ0v) is 11.5. The number of aliphatic hydroxyl groups is 1. The fourth-order valence-corrected chi connectivity index (χ4v) is 2.30. The van der Waals surface area contributed by atoms with Crippen molar-refractivity contribution in [1.29, 1.82) is 0 Å². The molecule has 1 heterocycles. The number of aryl methyl sites for hydroxylation is 2. The Kier molecular flexibility index (Phi) is 4.44. The zero-order chi connectivity index (χ0) is 13.0. The monoisotopic (exact) mass is 262 g/mol. The van der Waals surface area contributed by atoms with Gasteiger partial charge >= 0.3 is 0 Å². The summed E-state index contributed by atoms with van der Waals surface area (Å²) >= 11 is 1.71. The van der Waals surface area contributed by atoms with Gasteiger partial charge in [-0.05, 0) is 30.4 Å². The van der Waals surface area contributed by atoms with E-state index in [1.54, 1.807) is 18.0 Å². The average molecular weight is 262 g/mol. The molecule has 1 atom stereocenters. The smallest absolute Gasteiger partial charge is 0.108 e. The lowest BCUT2D eigenvalue weighted by atomic mass is 10.0. The molecule has 2 aromatic rings. The third kappa shape index (κ3) is 3.15. The molecule has 0 aliphatic rings. The molecule has 1 aromatic heterocycles. The summed E-state index contributed by atoms with van der Waals surface area (Å²) in [6, 6.07) is 8.08. The number of aliphatic hydroxyl groups excluding tert-OH is 1. The van der Waals surface area contributed by atoms with Crippen molar-refractivity contribution in [3.05, 3.63) is 48.0 Å². The highest BCUT2D eigenvalue weighted by molar-refractivity contribution is 7.98. The first-order valence-corrected chi connectivity index (χ1v) is 7.21. The summed E-state index contributed by atoms with van der Waals surface area (Å²) in [6.45, 7) is 0. The Morgan fingerprint density at radius 2 is 2.06 bits per heavy atom. The lowest BCUT2D eigenvalue weighted by Gasteiger charge is -2.11. The molecule has 0 aliphatic heterocycles. The number of benzene rings is 1. The van der Waals surface area contributed by atoms with E-state index in [1.807, 2.05) is 48.3 Å². The van der Waals surface area contributed by atoms with Gasteiger partial charge in [-0.3, -0.25) is 0 Å². The molecule has 1 N–H and O–H groups in total. The summed E-state index contributed by atoms with van der Waals surface area (Å²) in [7, 11) is 1.97. The molecule has 0 fully saturated rings. The van der Waals surface area contributed by atoms with E-state index < -0.39 is 6.10 Å². The highest BCUT2D eigenvalue weighted by Crippen LogP contribution is 2.22. The first kappa shape index (κ1) is 13.2. The van der Waals surface area contributed by atoms with Crippen molar-refractivity contribution in [2.75, 3.05) is 6.26 Å². The maximum Gasteiger partial charge on any atom is 0.108 e. The summed E-state index contributed by atoms with van der Waals surface area (Å²) < 4.78 is 1.99. The van der Waals surface area contributed by atoms with Crippen LogP contribution < -0.4 is 0 Å². The van der Waals surface area contributed by atoms with Crippen LogP contribution in [0.15, 0.2) is 41.6 Å². The number of hydrogen-bond donors (Lipinski definition) is 1. The van der Waals surface area contributed by atoms with Crippen molar-refractivity contribution < 1.29 is 5.11 Å². The van der Waals surface area contributed by atoms with E-state index in [0.717, 1.165) is 17.8 Å². The molecular formula is C14H18N2OS. The molecule has 3 nitrogen and oxygen atoms in total. The van der Waals surface area contributed by atoms with Gasteiger partial charge < -0.3 is 9.67 Å². The topological polar surface area (TPSA) is 38.1 Å². The van der Waals surface area contributed by atoms with Crippen LogP contribution >= 0.6 is 11.8 Å². The van der Waals surface area contributed by atoms with Crippen molar-refractivity contribution >= 4 is 11.8 Å². The molecule has 0 aliphatic carbocycles. The Labute approximate surface area is 112 Å². The first-order valence-electron chi connectivity index (χ1n) is 5.99. The molecular weight excluding hydrogens is 244 g/mol. The number of aromatic nitrogens is 2. The maximum atomic E-state index is 10.1. The molecule has 4 heteroatoms. The van der Waals surface area contributed by atoms with Gasteiger partial charge in [0.05, 0.1) is 6.10 Å². The van der Waals surface area contributed by atoms with Crippen molar-refractivity contribution in [1.82, 2.24) is 9.55 Å². The van der Waals surface area contributed by atoms with Crippen LogP contribution in [0.4, 0.5) is 0 Å². The van der Waals surface area contributed by atoms with Crippen LogP contribution in [0.1, 0.15) is 23.9 Å². The van der Waals surface area contributed by atoms with Gasteiger partial charge in [0.15, 0.2) is 0 Å². The average Bonchev–Trinajstić information content (AvgIpc) is 2.81. The normalized spacial score (nSPS) is 12.6. The number of thioether (sulfide) groups is 1. The van der Waals surface area contributed by atoms with Crippen molar-refractivity contribution in [3.63, 3.8) is 0 Å². The first-order chi connectivity index (χ1) is 8.70. The van der Waals surface area contributed by atoms with Gasteiger partial charge in [-0.25, -0.2) is 4.98 Å². The summed E-state index contributed by atoms with van der Waals surface area (Å²) in [5.41, 5.74) is 0.974. The minimum Gasteiger partial charge on any atom is -0.388 e. The van der Waals surface area contributed by atoms with Gasteiger partial charge in [0.25, 0.3) is 0 Å². The number of hydrogen-bond acceptors (Lipinski definition) is 3. The summed E-state index contributed by atoms with van der Waals surface area (Å²) in [4.78, 5) is 5.47. The lowest BCUT2D eigenvalue weighted by molar-refractivity contribution is 0.166. The number of rotatable bonds is 5. The molecule has 96 valence electrons. The molecule has 2 rings (SSSR count). The fraction of sp³-hybridized carbons (Fsp3) is 0.357. The predicted molar refractivity (Wildman–Crippen MR) is 74.7 cm³/mol. The summed E-state index contributed by atoms with van der Waals surface area (Å²) in [5.74, 6) is 1.01. The van der Waals surface area contributed by atoms with E-state index in [4.69, 9.17) is 0 Å². The molecule has 1 unspecified atom stereocenters. The van der Waals surface area contributed by atoms with Crippen LogP contribution in [0, 0.1) is 0 Å². The fourth-order valence-electron chi connectivity index (χ4n) is 1.90. The standard InChI is InChI=1S/C14H18N2OS/c1-16-10-9-15-14(16)8-7-13(17)11-3-5-12(18-2)6-4-11/h3-6,9-10,13,17H,7-8H2,1-2H3. The SMILES string of the molecule is CSc1ccc(C(O)CCc2nccn2C)cc1. The van der Waals surface area contributed by atoms with E-state index in [1.165, 1.54) is 4.90 Å². The Bertz CT molecular complexity index is 493. The van der Waals surface area contributed by atoms with Crippen molar-refractivity contribution in [2.45, 2.75) is 23.8 Å².